The zero-order chi connectivity index (χ0) is 24.5. The van der Waals surface area contributed by atoms with Gasteiger partial charge in [0.15, 0.2) is 6.61 Å². The Kier molecular flexibility index (Phi) is 8.49. The molecule has 0 radical (unpaired) electrons. The standard InChI is InChI=1S/C23H23F2N3O6/c24-22(25)34-18-8-6-15(7-9-18)20(30)27-19(29)14-33-21(31)16-10-12-28(13-11-16)23(32)26-17-4-2-1-3-5-17/h1-9,16,22H,10-14H2,(H,26,32)(H,27,29,30). The monoisotopic (exact) mass is 475 g/mol. The van der Waals surface area contributed by atoms with Crippen molar-refractivity contribution in [2.75, 3.05) is 25.0 Å². The molecule has 1 aliphatic heterocycles. The summed E-state index contributed by atoms with van der Waals surface area (Å²) in [5, 5.41) is 4.84. The molecule has 0 bridgehead atoms. The number of esters is 1. The first-order valence-corrected chi connectivity index (χ1v) is 10.5. The first kappa shape index (κ1) is 24.6. The number of nitrogens with zero attached hydrogens (tertiary/aromatic N) is 1. The molecule has 2 aromatic carbocycles. The van der Waals surface area contributed by atoms with Crippen LogP contribution in [0, 0.1) is 5.92 Å². The molecular weight excluding hydrogens is 452 g/mol. The Hall–Kier alpha value is -4.02. The predicted molar refractivity (Wildman–Crippen MR) is 116 cm³/mol. The third-order valence-electron chi connectivity index (χ3n) is 5.08. The van der Waals surface area contributed by atoms with Crippen LogP contribution in [0.1, 0.15) is 23.2 Å². The van der Waals surface area contributed by atoms with Crippen LogP contribution < -0.4 is 15.4 Å². The van der Waals surface area contributed by atoms with Crippen molar-refractivity contribution in [1.29, 1.82) is 0 Å². The minimum atomic E-state index is -2.99. The van der Waals surface area contributed by atoms with Gasteiger partial charge in [-0.25, -0.2) is 4.79 Å². The van der Waals surface area contributed by atoms with E-state index in [2.05, 4.69) is 15.4 Å². The summed E-state index contributed by atoms with van der Waals surface area (Å²) in [6, 6.07) is 13.5. The summed E-state index contributed by atoms with van der Waals surface area (Å²) < 4.78 is 33.5. The average Bonchev–Trinajstić information content (AvgIpc) is 2.83. The van der Waals surface area contributed by atoms with E-state index in [0.29, 0.717) is 31.6 Å². The van der Waals surface area contributed by atoms with E-state index in [1.807, 2.05) is 18.2 Å². The van der Waals surface area contributed by atoms with Crippen LogP contribution in [0.5, 0.6) is 5.75 Å². The van der Waals surface area contributed by atoms with Crippen LogP contribution in [0.25, 0.3) is 0 Å². The molecular formula is C23H23F2N3O6. The van der Waals surface area contributed by atoms with Gasteiger partial charge in [0.25, 0.3) is 11.8 Å². The number of halogens is 2. The number of carbonyl (C=O) groups excluding carboxylic acids is 4. The number of alkyl halides is 2. The Morgan fingerprint density at radius 1 is 0.971 bits per heavy atom. The molecule has 0 saturated carbocycles. The second-order valence-corrected chi connectivity index (χ2v) is 7.45. The molecule has 2 N–H and O–H groups in total. The van der Waals surface area contributed by atoms with E-state index in [-0.39, 0.29) is 17.3 Å². The molecule has 1 saturated heterocycles. The lowest BCUT2D eigenvalue weighted by Crippen LogP contribution is -2.43. The van der Waals surface area contributed by atoms with Gasteiger partial charge in [0.05, 0.1) is 5.92 Å². The lowest BCUT2D eigenvalue weighted by atomic mass is 9.97. The first-order valence-electron chi connectivity index (χ1n) is 10.5. The molecule has 2 aromatic rings. The third-order valence-corrected chi connectivity index (χ3v) is 5.08. The molecule has 0 aliphatic carbocycles. The van der Waals surface area contributed by atoms with Crippen LogP contribution >= 0.6 is 0 Å². The Labute approximate surface area is 194 Å². The number of amides is 4. The third kappa shape index (κ3) is 7.26. The lowest BCUT2D eigenvalue weighted by molar-refractivity contribution is -0.153. The molecule has 3 rings (SSSR count). The van der Waals surface area contributed by atoms with Gasteiger partial charge in [-0.2, -0.15) is 8.78 Å². The van der Waals surface area contributed by atoms with Gasteiger partial charge in [-0.05, 0) is 49.2 Å². The molecule has 1 fully saturated rings. The second kappa shape index (κ2) is 11.7. The van der Waals surface area contributed by atoms with Crippen LogP contribution in [-0.2, 0) is 14.3 Å². The van der Waals surface area contributed by atoms with Gasteiger partial charge >= 0.3 is 18.6 Å². The predicted octanol–water partition coefficient (Wildman–Crippen LogP) is 3.03. The highest BCUT2D eigenvalue weighted by Gasteiger charge is 2.29. The van der Waals surface area contributed by atoms with Crippen molar-refractivity contribution in [3.05, 3.63) is 60.2 Å². The number of hydrogen-bond donors (Lipinski definition) is 2. The maximum absolute atomic E-state index is 12.3. The molecule has 1 aliphatic rings. The fraction of sp³-hybridized carbons (Fsp3) is 0.304. The van der Waals surface area contributed by atoms with E-state index in [9.17, 15) is 28.0 Å². The molecule has 9 nitrogen and oxygen atoms in total. The van der Waals surface area contributed by atoms with Crippen LogP contribution in [-0.4, -0.2) is 55.0 Å². The van der Waals surface area contributed by atoms with Crippen LogP contribution in [0.3, 0.4) is 0 Å². The second-order valence-electron chi connectivity index (χ2n) is 7.45. The number of nitrogens with one attached hydrogen (secondary N) is 2. The molecule has 4 amide bonds. The number of hydrogen-bond acceptors (Lipinski definition) is 6. The Morgan fingerprint density at radius 2 is 1.62 bits per heavy atom. The van der Waals surface area contributed by atoms with Crippen molar-refractivity contribution >= 4 is 29.5 Å². The summed E-state index contributed by atoms with van der Waals surface area (Å²) >= 11 is 0. The molecule has 34 heavy (non-hydrogen) atoms. The van der Waals surface area contributed by atoms with Gasteiger partial charge in [-0.1, -0.05) is 18.2 Å². The van der Waals surface area contributed by atoms with Crippen molar-refractivity contribution < 1.29 is 37.4 Å². The topological polar surface area (TPSA) is 114 Å². The van der Waals surface area contributed by atoms with Crippen molar-refractivity contribution in [1.82, 2.24) is 10.2 Å². The minimum Gasteiger partial charge on any atom is -0.455 e. The molecule has 180 valence electrons. The van der Waals surface area contributed by atoms with Gasteiger partial charge < -0.3 is 19.7 Å². The summed E-state index contributed by atoms with van der Waals surface area (Å²) in [6.45, 7) is -2.93. The molecule has 0 unspecified atom stereocenters. The Morgan fingerprint density at radius 3 is 2.24 bits per heavy atom. The van der Waals surface area contributed by atoms with E-state index in [0.717, 1.165) is 12.1 Å². The maximum Gasteiger partial charge on any atom is 0.387 e. The summed E-state index contributed by atoms with van der Waals surface area (Å²) in [5.74, 6) is -2.78. The molecule has 0 spiro atoms. The van der Waals surface area contributed by atoms with Crippen LogP contribution in [0.4, 0.5) is 19.3 Å². The molecule has 1 heterocycles. The quantitative estimate of drug-likeness (QED) is 0.595. The van der Waals surface area contributed by atoms with Crippen LogP contribution in [0.2, 0.25) is 0 Å². The normalized spacial score (nSPS) is 13.8. The maximum atomic E-state index is 12.3. The highest BCUT2D eigenvalue weighted by Crippen LogP contribution is 2.20. The Balaban J connectivity index is 1.38. The van der Waals surface area contributed by atoms with Gasteiger partial charge in [-0.3, -0.25) is 19.7 Å². The highest BCUT2D eigenvalue weighted by molar-refractivity contribution is 6.05. The number of anilines is 1. The number of imide groups is 1. The zero-order valence-corrected chi connectivity index (χ0v) is 18.0. The van der Waals surface area contributed by atoms with Gasteiger partial charge in [0.1, 0.15) is 5.75 Å². The summed E-state index contributed by atoms with van der Waals surface area (Å²) in [5.41, 5.74) is 0.717. The van der Waals surface area contributed by atoms with E-state index in [4.69, 9.17) is 4.74 Å². The SMILES string of the molecule is O=C(COC(=O)C1CCN(C(=O)Nc2ccccc2)CC1)NC(=O)c1ccc(OC(F)F)cc1. The number of carbonyl (C=O) groups is 4. The summed E-state index contributed by atoms with van der Waals surface area (Å²) in [7, 11) is 0. The number of rotatable bonds is 7. The number of para-hydroxylation sites is 1. The highest BCUT2D eigenvalue weighted by atomic mass is 19.3. The van der Waals surface area contributed by atoms with E-state index >= 15 is 0 Å². The fourth-order valence-electron chi connectivity index (χ4n) is 3.32. The first-order chi connectivity index (χ1) is 16.3. The molecule has 0 atom stereocenters. The van der Waals surface area contributed by atoms with Crippen molar-refractivity contribution in [3.8, 4) is 5.75 Å². The van der Waals surface area contributed by atoms with Gasteiger partial charge in [0, 0.05) is 24.3 Å². The minimum absolute atomic E-state index is 0.0439. The Bertz CT molecular complexity index is 1010. The van der Waals surface area contributed by atoms with E-state index < -0.39 is 36.9 Å². The fourth-order valence-corrected chi connectivity index (χ4v) is 3.32. The number of benzene rings is 2. The molecule has 11 heteroatoms. The number of piperidine rings is 1. The van der Waals surface area contributed by atoms with E-state index in [1.54, 1.807) is 17.0 Å². The zero-order valence-electron chi connectivity index (χ0n) is 18.0. The lowest BCUT2D eigenvalue weighted by Gasteiger charge is -2.30. The summed E-state index contributed by atoms with van der Waals surface area (Å²) in [4.78, 5) is 50.2. The largest absolute Gasteiger partial charge is 0.455 e. The summed E-state index contributed by atoms with van der Waals surface area (Å²) in [6.07, 6.45) is 0.767. The van der Waals surface area contributed by atoms with Crippen LogP contribution in [0.15, 0.2) is 54.6 Å². The smallest absolute Gasteiger partial charge is 0.387 e. The van der Waals surface area contributed by atoms with Gasteiger partial charge in [-0.15, -0.1) is 0 Å². The van der Waals surface area contributed by atoms with Gasteiger partial charge in [0.2, 0.25) is 0 Å². The van der Waals surface area contributed by atoms with Crippen molar-refractivity contribution in [2.45, 2.75) is 19.5 Å². The average molecular weight is 475 g/mol. The number of urea groups is 1. The van der Waals surface area contributed by atoms with Crippen molar-refractivity contribution in [3.63, 3.8) is 0 Å². The van der Waals surface area contributed by atoms with E-state index in [1.165, 1.54) is 12.1 Å². The van der Waals surface area contributed by atoms with Crippen molar-refractivity contribution in [2.24, 2.45) is 5.92 Å². The number of likely N-dealkylation sites (tertiary alicyclic amines) is 1. The molecule has 0 aromatic heterocycles. The number of ether oxygens (including phenoxy) is 2.